The molecule has 2 aromatic rings. The Balaban J connectivity index is 2.23. The average Bonchev–Trinajstić information content (AvgIpc) is 2.83. The fourth-order valence-electron chi connectivity index (χ4n) is 2.31. The molecule has 0 aliphatic carbocycles. The maximum Gasteiger partial charge on any atom is 0.421 e. The minimum absolute atomic E-state index is 0.457. The van der Waals surface area contributed by atoms with Crippen molar-refractivity contribution in [2.75, 3.05) is 0 Å². The van der Waals surface area contributed by atoms with Gasteiger partial charge in [-0.3, -0.25) is 0 Å². The molecule has 0 N–H and O–H groups in total. The summed E-state index contributed by atoms with van der Waals surface area (Å²) in [6.07, 6.45) is 5.97. The summed E-state index contributed by atoms with van der Waals surface area (Å²) < 4.78 is 6.93. The molecule has 0 aromatic carbocycles. The molecule has 0 aliphatic heterocycles. The minimum Gasteiger partial charge on any atom is -0.443 e. The standard InChI is InChI=1S/C17H23N3O3/c1-17(2,3)23-16(22)20-14(10-6-4-5-7-12-21)19-13-9-8-11-18-15(13)20/h8-9,11-12H,4-7,10H2,1-3H3. The Kier molecular flexibility index (Phi) is 5.47. The van der Waals surface area contributed by atoms with Crippen LogP contribution in [0.3, 0.4) is 0 Å². The number of nitrogens with zero attached hydrogens (tertiary/aromatic N) is 3. The summed E-state index contributed by atoms with van der Waals surface area (Å²) in [5, 5.41) is 0. The zero-order valence-corrected chi connectivity index (χ0v) is 13.9. The molecular formula is C17H23N3O3. The van der Waals surface area contributed by atoms with Crippen LogP contribution in [0.1, 0.15) is 52.3 Å². The van der Waals surface area contributed by atoms with Gasteiger partial charge in [0.25, 0.3) is 0 Å². The van der Waals surface area contributed by atoms with E-state index in [9.17, 15) is 9.59 Å². The van der Waals surface area contributed by atoms with E-state index in [-0.39, 0.29) is 0 Å². The highest BCUT2D eigenvalue weighted by molar-refractivity contribution is 5.85. The second-order valence-corrected chi connectivity index (χ2v) is 6.46. The maximum atomic E-state index is 12.5. The Labute approximate surface area is 135 Å². The van der Waals surface area contributed by atoms with E-state index in [2.05, 4.69) is 9.97 Å². The first-order chi connectivity index (χ1) is 10.9. The van der Waals surface area contributed by atoms with Crippen molar-refractivity contribution in [1.29, 1.82) is 0 Å². The Morgan fingerprint density at radius 3 is 2.78 bits per heavy atom. The van der Waals surface area contributed by atoms with Crippen LogP contribution in [0.4, 0.5) is 4.79 Å². The topological polar surface area (TPSA) is 74.1 Å². The Bertz CT molecular complexity index is 686. The highest BCUT2D eigenvalue weighted by Crippen LogP contribution is 2.18. The van der Waals surface area contributed by atoms with Gasteiger partial charge in [0, 0.05) is 19.0 Å². The van der Waals surface area contributed by atoms with E-state index in [1.807, 2.05) is 26.8 Å². The van der Waals surface area contributed by atoms with Gasteiger partial charge < -0.3 is 9.53 Å². The minimum atomic E-state index is -0.580. The molecule has 2 heterocycles. The van der Waals surface area contributed by atoms with Gasteiger partial charge in [-0.05, 0) is 45.7 Å². The van der Waals surface area contributed by atoms with E-state index in [0.717, 1.165) is 25.5 Å². The molecule has 124 valence electrons. The van der Waals surface area contributed by atoms with Crippen LogP contribution in [0.15, 0.2) is 18.3 Å². The number of ether oxygens (including phenoxy) is 1. The Morgan fingerprint density at radius 1 is 1.30 bits per heavy atom. The molecule has 23 heavy (non-hydrogen) atoms. The molecule has 2 rings (SSSR count). The number of hydrogen-bond donors (Lipinski definition) is 0. The number of carbonyl (C=O) groups is 2. The number of aldehydes is 1. The smallest absolute Gasteiger partial charge is 0.421 e. The van der Waals surface area contributed by atoms with E-state index in [1.165, 1.54) is 4.57 Å². The molecule has 0 atom stereocenters. The first kappa shape index (κ1) is 17.1. The summed E-state index contributed by atoms with van der Waals surface area (Å²) >= 11 is 0. The molecule has 0 aliphatic rings. The van der Waals surface area contributed by atoms with Crippen LogP contribution in [0.25, 0.3) is 11.2 Å². The third-order valence-corrected chi connectivity index (χ3v) is 3.28. The van der Waals surface area contributed by atoms with Crippen LogP contribution in [0.2, 0.25) is 0 Å². The number of rotatable bonds is 6. The fraction of sp³-hybridized carbons (Fsp3) is 0.529. The van der Waals surface area contributed by atoms with Gasteiger partial charge in [0.05, 0.1) is 0 Å². The number of imidazole rings is 1. The van der Waals surface area contributed by atoms with Crippen molar-refractivity contribution in [1.82, 2.24) is 14.5 Å². The summed E-state index contributed by atoms with van der Waals surface area (Å²) in [7, 11) is 0. The Hall–Kier alpha value is -2.24. The number of aromatic nitrogens is 3. The van der Waals surface area contributed by atoms with Gasteiger partial charge in [-0.25, -0.2) is 19.3 Å². The number of unbranched alkanes of at least 4 members (excludes halogenated alkanes) is 3. The monoisotopic (exact) mass is 317 g/mol. The van der Waals surface area contributed by atoms with Gasteiger partial charge in [-0.15, -0.1) is 0 Å². The molecule has 0 saturated carbocycles. The second-order valence-electron chi connectivity index (χ2n) is 6.46. The zero-order chi connectivity index (χ0) is 16.9. The quantitative estimate of drug-likeness (QED) is 0.602. The van der Waals surface area contributed by atoms with E-state index in [1.54, 1.807) is 12.3 Å². The average molecular weight is 317 g/mol. The van der Waals surface area contributed by atoms with Gasteiger partial charge in [-0.1, -0.05) is 6.42 Å². The number of hydrogen-bond acceptors (Lipinski definition) is 5. The van der Waals surface area contributed by atoms with Crippen LogP contribution in [-0.2, 0) is 16.0 Å². The largest absolute Gasteiger partial charge is 0.443 e. The van der Waals surface area contributed by atoms with Crippen LogP contribution >= 0.6 is 0 Å². The molecule has 6 heteroatoms. The lowest BCUT2D eigenvalue weighted by Crippen LogP contribution is -2.28. The predicted octanol–water partition coefficient (Wildman–Crippen LogP) is 3.52. The second kappa shape index (κ2) is 7.35. The van der Waals surface area contributed by atoms with Crippen LogP contribution < -0.4 is 0 Å². The van der Waals surface area contributed by atoms with Gasteiger partial charge in [0.1, 0.15) is 23.2 Å². The third kappa shape index (κ3) is 4.61. The maximum absolute atomic E-state index is 12.5. The first-order valence-electron chi connectivity index (χ1n) is 7.92. The third-order valence-electron chi connectivity index (χ3n) is 3.28. The van der Waals surface area contributed by atoms with Crippen molar-refractivity contribution in [3.05, 3.63) is 24.2 Å². The van der Waals surface area contributed by atoms with Crippen LogP contribution in [0.5, 0.6) is 0 Å². The van der Waals surface area contributed by atoms with E-state index in [4.69, 9.17) is 4.74 Å². The van der Waals surface area contributed by atoms with Crippen molar-refractivity contribution in [2.45, 2.75) is 58.5 Å². The van der Waals surface area contributed by atoms with E-state index < -0.39 is 11.7 Å². The van der Waals surface area contributed by atoms with Crippen LogP contribution in [-0.4, -0.2) is 32.5 Å². The molecule has 0 unspecified atom stereocenters. The molecule has 0 radical (unpaired) electrons. The fourth-order valence-corrected chi connectivity index (χ4v) is 2.31. The number of pyridine rings is 1. The Morgan fingerprint density at radius 2 is 2.09 bits per heavy atom. The molecule has 0 amide bonds. The van der Waals surface area contributed by atoms with Crippen LogP contribution in [0, 0.1) is 0 Å². The number of aryl methyl sites for hydroxylation is 1. The SMILES string of the molecule is CC(C)(C)OC(=O)n1c(CCCCCC=O)nc2cccnc21. The van der Waals surface area contributed by atoms with Gasteiger partial charge in [-0.2, -0.15) is 0 Å². The molecule has 6 nitrogen and oxygen atoms in total. The summed E-state index contributed by atoms with van der Waals surface area (Å²) in [5.74, 6) is 0.652. The molecule has 0 saturated heterocycles. The molecule has 0 spiro atoms. The molecule has 0 fully saturated rings. The van der Waals surface area contributed by atoms with Gasteiger partial charge in [0.2, 0.25) is 0 Å². The lowest BCUT2D eigenvalue weighted by Gasteiger charge is -2.20. The number of fused-ring (bicyclic) bond motifs is 1. The highest BCUT2D eigenvalue weighted by atomic mass is 16.6. The normalized spacial score (nSPS) is 11.6. The van der Waals surface area contributed by atoms with Crippen molar-refractivity contribution in [3.63, 3.8) is 0 Å². The van der Waals surface area contributed by atoms with Crippen molar-refractivity contribution >= 4 is 23.5 Å². The highest BCUT2D eigenvalue weighted by Gasteiger charge is 2.23. The molecule has 2 aromatic heterocycles. The molecule has 0 bridgehead atoms. The van der Waals surface area contributed by atoms with E-state index >= 15 is 0 Å². The summed E-state index contributed by atoms with van der Waals surface area (Å²) in [5.41, 5.74) is 0.620. The summed E-state index contributed by atoms with van der Waals surface area (Å²) in [4.78, 5) is 31.6. The predicted molar refractivity (Wildman–Crippen MR) is 87.4 cm³/mol. The van der Waals surface area contributed by atoms with E-state index in [0.29, 0.717) is 29.8 Å². The van der Waals surface area contributed by atoms with Crippen molar-refractivity contribution in [3.8, 4) is 0 Å². The lowest BCUT2D eigenvalue weighted by atomic mass is 10.1. The zero-order valence-electron chi connectivity index (χ0n) is 13.9. The van der Waals surface area contributed by atoms with Crippen molar-refractivity contribution < 1.29 is 14.3 Å². The van der Waals surface area contributed by atoms with Crippen molar-refractivity contribution in [2.24, 2.45) is 0 Å². The summed E-state index contributed by atoms with van der Waals surface area (Å²) in [6.45, 7) is 5.49. The first-order valence-corrected chi connectivity index (χ1v) is 7.92. The van der Waals surface area contributed by atoms with Gasteiger partial charge in [0.15, 0.2) is 5.65 Å². The number of carbonyl (C=O) groups excluding carboxylic acids is 2. The lowest BCUT2D eigenvalue weighted by molar-refractivity contribution is -0.107. The van der Waals surface area contributed by atoms with Gasteiger partial charge >= 0.3 is 6.09 Å². The summed E-state index contributed by atoms with van der Waals surface area (Å²) in [6, 6.07) is 3.63. The molecular weight excluding hydrogens is 294 g/mol.